The average molecular weight is 251 g/mol. The predicted octanol–water partition coefficient (Wildman–Crippen LogP) is 0.269. The lowest BCUT2D eigenvalue weighted by Crippen LogP contribution is -2.47. The molecule has 100 valence electrons. The molecule has 1 N–H and O–H groups in total. The Bertz CT molecular complexity index is 359. The Kier molecular flexibility index (Phi) is 4.69. The van der Waals surface area contributed by atoms with E-state index in [0.717, 1.165) is 38.9 Å². The minimum absolute atomic E-state index is 0.147. The molecule has 0 spiro atoms. The molecule has 1 aromatic rings. The van der Waals surface area contributed by atoms with E-state index < -0.39 is 0 Å². The Balaban J connectivity index is 1.97. The highest BCUT2D eigenvalue weighted by Crippen LogP contribution is 2.13. The van der Waals surface area contributed by atoms with Crippen molar-refractivity contribution in [2.75, 3.05) is 19.6 Å². The Morgan fingerprint density at radius 1 is 1.50 bits per heavy atom. The number of piperidine rings is 1. The molecule has 2 heterocycles. The summed E-state index contributed by atoms with van der Waals surface area (Å²) >= 11 is 0. The highest BCUT2D eigenvalue weighted by molar-refractivity contribution is 5.76. The Morgan fingerprint density at radius 3 is 2.89 bits per heavy atom. The molecule has 0 atom stereocenters. The van der Waals surface area contributed by atoms with Crippen LogP contribution in [0.3, 0.4) is 0 Å². The van der Waals surface area contributed by atoms with Crippen LogP contribution in [-0.4, -0.2) is 51.5 Å². The highest BCUT2D eigenvalue weighted by Gasteiger charge is 2.24. The number of hydrogen-bond donors (Lipinski definition) is 1. The number of amides is 1. The van der Waals surface area contributed by atoms with E-state index in [4.69, 9.17) is 0 Å². The maximum absolute atomic E-state index is 12.3. The van der Waals surface area contributed by atoms with Gasteiger partial charge < -0.3 is 10.2 Å². The number of hydrogen-bond acceptors (Lipinski definition) is 4. The normalized spacial score (nSPS) is 16.7. The molecule has 6 heteroatoms. The van der Waals surface area contributed by atoms with Gasteiger partial charge in [0.25, 0.3) is 0 Å². The van der Waals surface area contributed by atoms with Crippen molar-refractivity contribution < 1.29 is 4.79 Å². The smallest absolute Gasteiger partial charge is 0.244 e. The predicted molar refractivity (Wildman–Crippen MR) is 67.9 cm³/mol. The molecule has 0 radical (unpaired) electrons. The zero-order valence-corrected chi connectivity index (χ0v) is 10.9. The summed E-state index contributed by atoms with van der Waals surface area (Å²) < 4.78 is 1.59. The van der Waals surface area contributed by atoms with Crippen LogP contribution in [0.2, 0.25) is 0 Å². The van der Waals surface area contributed by atoms with E-state index >= 15 is 0 Å². The standard InChI is InChI=1S/C12H21N5O/c1-2-8-17(11-3-5-13-6-4-11)12(18)10-16-9-7-14-15-16/h7,9,11,13H,2-6,8,10H2,1H3. The van der Waals surface area contributed by atoms with Crippen molar-refractivity contribution in [3.63, 3.8) is 0 Å². The summed E-state index contributed by atoms with van der Waals surface area (Å²) in [5, 5.41) is 10.9. The summed E-state index contributed by atoms with van der Waals surface area (Å²) in [6.07, 6.45) is 6.41. The first-order valence-corrected chi connectivity index (χ1v) is 6.65. The molecular formula is C12H21N5O. The quantitative estimate of drug-likeness (QED) is 0.816. The zero-order chi connectivity index (χ0) is 12.8. The number of carbonyl (C=O) groups is 1. The summed E-state index contributed by atoms with van der Waals surface area (Å²) in [4.78, 5) is 14.3. The van der Waals surface area contributed by atoms with Crippen molar-refractivity contribution in [3.05, 3.63) is 12.4 Å². The third-order valence-corrected chi connectivity index (χ3v) is 3.30. The first-order valence-electron chi connectivity index (χ1n) is 6.65. The van der Waals surface area contributed by atoms with E-state index in [9.17, 15) is 4.79 Å². The maximum atomic E-state index is 12.3. The SMILES string of the molecule is CCCN(C(=O)Cn1ccnn1)C1CCNCC1. The largest absolute Gasteiger partial charge is 0.338 e. The fourth-order valence-corrected chi connectivity index (χ4v) is 2.42. The second-order valence-electron chi connectivity index (χ2n) is 4.67. The maximum Gasteiger partial charge on any atom is 0.244 e. The number of nitrogens with zero attached hydrogens (tertiary/aromatic N) is 4. The van der Waals surface area contributed by atoms with Crippen LogP contribution in [0.4, 0.5) is 0 Å². The third kappa shape index (κ3) is 3.29. The third-order valence-electron chi connectivity index (χ3n) is 3.30. The van der Waals surface area contributed by atoms with E-state index in [2.05, 4.69) is 22.6 Å². The van der Waals surface area contributed by atoms with Crippen molar-refractivity contribution in [1.29, 1.82) is 0 Å². The van der Waals surface area contributed by atoms with Crippen LogP contribution >= 0.6 is 0 Å². The van der Waals surface area contributed by atoms with Crippen molar-refractivity contribution in [2.24, 2.45) is 0 Å². The van der Waals surface area contributed by atoms with E-state index in [1.54, 1.807) is 17.1 Å². The summed E-state index contributed by atoms with van der Waals surface area (Å²) in [6.45, 7) is 5.24. The first-order chi connectivity index (χ1) is 8.81. The van der Waals surface area contributed by atoms with Crippen molar-refractivity contribution in [3.8, 4) is 0 Å². The molecular weight excluding hydrogens is 230 g/mol. The van der Waals surface area contributed by atoms with Gasteiger partial charge in [0.15, 0.2) is 0 Å². The molecule has 1 aliphatic rings. The number of carbonyl (C=O) groups excluding carboxylic acids is 1. The van der Waals surface area contributed by atoms with Gasteiger partial charge in [-0.2, -0.15) is 0 Å². The first kappa shape index (κ1) is 13.0. The van der Waals surface area contributed by atoms with Gasteiger partial charge in [-0.25, -0.2) is 4.68 Å². The van der Waals surface area contributed by atoms with Gasteiger partial charge in [0.1, 0.15) is 6.54 Å². The molecule has 1 fully saturated rings. The molecule has 2 rings (SSSR count). The van der Waals surface area contributed by atoms with E-state index in [1.165, 1.54) is 0 Å². The van der Waals surface area contributed by atoms with E-state index in [1.807, 2.05) is 4.90 Å². The van der Waals surface area contributed by atoms with Crippen LogP contribution in [0.25, 0.3) is 0 Å². The molecule has 1 aliphatic heterocycles. The van der Waals surface area contributed by atoms with Gasteiger partial charge in [-0.05, 0) is 32.4 Å². The summed E-state index contributed by atoms with van der Waals surface area (Å²) in [7, 11) is 0. The monoisotopic (exact) mass is 251 g/mol. The van der Waals surface area contributed by atoms with Gasteiger partial charge in [0.2, 0.25) is 5.91 Å². The minimum atomic E-state index is 0.147. The van der Waals surface area contributed by atoms with Crippen LogP contribution in [0, 0.1) is 0 Å². The van der Waals surface area contributed by atoms with E-state index in [0.29, 0.717) is 12.6 Å². The second kappa shape index (κ2) is 6.49. The minimum Gasteiger partial charge on any atom is -0.338 e. The molecule has 0 bridgehead atoms. The highest BCUT2D eigenvalue weighted by atomic mass is 16.2. The van der Waals surface area contributed by atoms with Crippen molar-refractivity contribution in [2.45, 2.75) is 38.8 Å². The summed E-state index contributed by atoms with van der Waals surface area (Å²) in [6, 6.07) is 0.377. The average Bonchev–Trinajstić information content (AvgIpc) is 2.89. The fourth-order valence-electron chi connectivity index (χ4n) is 2.42. The fraction of sp³-hybridized carbons (Fsp3) is 0.750. The van der Waals surface area contributed by atoms with Crippen LogP contribution < -0.4 is 5.32 Å². The second-order valence-corrected chi connectivity index (χ2v) is 4.67. The van der Waals surface area contributed by atoms with Crippen LogP contribution in [0.15, 0.2) is 12.4 Å². The summed E-state index contributed by atoms with van der Waals surface area (Å²) in [5.41, 5.74) is 0. The van der Waals surface area contributed by atoms with Gasteiger partial charge in [0, 0.05) is 18.8 Å². The van der Waals surface area contributed by atoms with Crippen molar-refractivity contribution >= 4 is 5.91 Å². The lowest BCUT2D eigenvalue weighted by Gasteiger charge is -2.34. The van der Waals surface area contributed by atoms with Gasteiger partial charge in [-0.3, -0.25) is 4.79 Å². The number of rotatable bonds is 5. The molecule has 18 heavy (non-hydrogen) atoms. The van der Waals surface area contributed by atoms with Crippen LogP contribution in [0.1, 0.15) is 26.2 Å². The molecule has 1 aromatic heterocycles. The topological polar surface area (TPSA) is 63.1 Å². The molecule has 0 saturated carbocycles. The van der Waals surface area contributed by atoms with Crippen LogP contribution in [0.5, 0.6) is 0 Å². The molecule has 0 unspecified atom stereocenters. The van der Waals surface area contributed by atoms with E-state index in [-0.39, 0.29) is 5.91 Å². The number of aromatic nitrogens is 3. The number of nitrogens with one attached hydrogen (secondary N) is 1. The summed E-state index contributed by atoms with van der Waals surface area (Å²) in [5.74, 6) is 0.147. The lowest BCUT2D eigenvalue weighted by atomic mass is 10.0. The van der Waals surface area contributed by atoms with Crippen molar-refractivity contribution in [1.82, 2.24) is 25.2 Å². The molecule has 1 saturated heterocycles. The molecule has 1 amide bonds. The van der Waals surface area contributed by atoms with Gasteiger partial charge in [0.05, 0.1) is 6.20 Å². The lowest BCUT2D eigenvalue weighted by molar-refractivity contribution is -0.135. The van der Waals surface area contributed by atoms with Gasteiger partial charge in [-0.1, -0.05) is 12.1 Å². The molecule has 6 nitrogen and oxygen atoms in total. The van der Waals surface area contributed by atoms with Gasteiger partial charge >= 0.3 is 0 Å². The molecule has 0 aliphatic carbocycles. The zero-order valence-electron chi connectivity index (χ0n) is 10.9. The Hall–Kier alpha value is -1.43. The molecule has 0 aromatic carbocycles. The van der Waals surface area contributed by atoms with Crippen LogP contribution in [-0.2, 0) is 11.3 Å². The van der Waals surface area contributed by atoms with Gasteiger partial charge in [-0.15, -0.1) is 5.10 Å². The Labute approximate surface area is 107 Å². The Morgan fingerprint density at radius 2 is 2.28 bits per heavy atom.